The molecule has 0 unspecified atom stereocenters. The van der Waals surface area contributed by atoms with E-state index in [9.17, 15) is 9.90 Å². The van der Waals surface area contributed by atoms with Gasteiger partial charge in [-0.2, -0.15) is 11.3 Å². The van der Waals surface area contributed by atoms with E-state index in [4.69, 9.17) is 8.83 Å². The Morgan fingerprint density at radius 2 is 2.24 bits per heavy atom. The lowest BCUT2D eigenvalue weighted by atomic mass is 10.2. The second-order valence-corrected chi connectivity index (χ2v) is 5.20. The lowest BCUT2D eigenvalue weighted by Crippen LogP contribution is -2.27. The van der Waals surface area contributed by atoms with Crippen molar-refractivity contribution in [2.45, 2.75) is 6.10 Å². The van der Waals surface area contributed by atoms with Gasteiger partial charge >= 0.3 is 0 Å². The first kappa shape index (κ1) is 13.7. The van der Waals surface area contributed by atoms with Crippen molar-refractivity contribution in [3.63, 3.8) is 0 Å². The SMILES string of the molecule is O=C(NC[C@@H](O)c1ccc(-c2ccsc2)o1)c1ccco1. The molecule has 0 aliphatic heterocycles. The molecule has 0 aliphatic rings. The third-order valence-corrected chi connectivity index (χ3v) is 3.65. The standard InChI is InChI=1S/C15H13NO4S/c17-11(8-16-15(18)14-2-1-6-19-14)13-4-3-12(20-13)10-5-7-21-9-10/h1-7,9,11,17H,8H2,(H,16,18)/t11-/m1/s1. The summed E-state index contributed by atoms with van der Waals surface area (Å²) in [4.78, 5) is 11.7. The van der Waals surface area contributed by atoms with Crippen LogP contribution in [-0.4, -0.2) is 17.6 Å². The normalized spacial score (nSPS) is 12.2. The molecule has 108 valence electrons. The van der Waals surface area contributed by atoms with Crippen molar-refractivity contribution in [3.8, 4) is 11.3 Å². The number of amides is 1. The largest absolute Gasteiger partial charge is 0.459 e. The predicted octanol–water partition coefficient (Wildman–Crippen LogP) is 3.06. The molecule has 3 heterocycles. The molecule has 1 atom stereocenters. The number of furan rings is 2. The van der Waals surface area contributed by atoms with Gasteiger partial charge in [-0.25, -0.2) is 0 Å². The molecule has 2 N–H and O–H groups in total. The first-order valence-corrected chi connectivity index (χ1v) is 7.30. The molecule has 0 aromatic carbocycles. The molecule has 1 amide bonds. The maximum Gasteiger partial charge on any atom is 0.287 e. The van der Waals surface area contributed by atoms with E-state index >= 15 is 0 Å². The highest BCUT2D eigenvalue weighted by molar-refractivity contribution is 7.08. The van der Waals surface area contributed by atoms with Crippen molar-refractivity contribution >= 4 is 17.2 Å². The predicted molar refractivity (Wildman–Crippen MR) is 78.0 cm³/mol. The first-order chi connectivity index (χ1) is 10.2. The van der Waals surface area contributed by atoms with Crippen molar-refractivity contribution in [3.05, 3.63) is 58.9 Å². The highest BCUT2D eigenvalue weighted by Gasteiger charge is 2.16. The molecule has 0 fully saturated rings. The molecule has 0 saturated carbocycles. The molecule has 5 nitrogen and oxygen atoms in total. The number of carbonyl (C=O) groups is 1. The Morgan fingerprint density at radius 3 is 2.95 bits per heavy atom. The molecule has 0 saturated heterocycles. The van der Waals surface area contributed by atoms with Crippen LogP contribution >= 0.6 is 11.3 Å². The van der Waals surface area contributed by atoms with E-state index in [0.29, 0.717) is 11.5 Å². The number of hydrogen-bond acceptors (Lipinski definition) is 5. The third-order valence-electron chi connectivity index (χ3n) is 2.96. The van der Waals surface area contributed by atoms with Crippen LogP contribution in [0.5, 0.6) is 0 Å². The van der Waals surface area contributed by atoms with Crippen molar-refractivity contribution < 1.29 is 18.7 Å². The summed E-state index contributed by atoms with van der Waals surface area (Å²) in [7, 11) is 0. The van der Waals surface area contributed by atoms with Gasteiger partial charge < -0.3 is 19.3 Å². The highest BCUT2D eigenvalue weighted by atomic mass is 32.1. The Bertz CT molecular complexity index is 700. The Hall–Kier alpha value is -2.31. The van der Waals surface area contributed by atoms with Gasteiger partial charge in [0.1, 0.15) is 17.6 Å². The van der Waals surface area contributed by atoms with Gasteiger partial charge in [0.15, 0.2) is 5.76 Å². The Labute approximate surface area is 124 Å². The maximum atomic E-state index is 11.7. The monoisotopic (exact) mass is 303 g/mol. The van der Waals surface area contributed by atoms with Crippen LogP contribution < -0.4 is 5.32 Å². The van der Waals surface area contributed by atoms with Gasteiger partial charge in [0.25, 0.3) is 5.91 Å². The van der Waals surface area contributed by atoms with Crippen molar-refractivity contribution in [1.29, 1.82) is 0 Å². The summed E-state index contributed by atoms with van der Waals surface area (Å²) in [6, 6.07) is 8.64. The molecule has 21 heavy (non-hydrogen) atoms. The Kier molecular flexibility index (Phi) is 3.89. The van der Waals surface area contributed by atoms with Gasteiger partial charge in [0.05, 0.1) is 12.8 Å². The van der Waals surface area contributed by atoms with E-state index < -0.39 is 6.10 Å². The Balaban J connectivity index is 1.61. The number of aliphatic hydroxyl groups excluding tert-OH is 1. The van der Waals surface area contributed by atoms with Crippen LogP contribution in [0.4, 0.5) is 0 Å². The molecule has 3 aromatic rings. The molecular weight excluding hydrogens is 290 g/mol. The number of carbonyl (C=O) groups excluding carboxylic acids is 1. The minimum Gasteiger partial charge on any atom is -0.459 e. The highest BCUT2D eigenvalue weighted by Crippen LogP contribution is 2.26. The topological polar surface area (TPSA) is 75.6 Å². The van der Waals surface area contributed by atoms with Crippen molar-refractivity contribution in [2.75, 3.05) is 6.54 Å². The fourth-order valence-corrected chi connectivity index (χ4v) is 2.52. The summed E-state index contributed by atoms with van der Waals surface area (Å²) in [6.45, 7) is 0.0517. The van der Waals surface area contributed by atoms with E-state index in [1.54, 1.807) is 35.6 Å². The van der Waals surface area contributed by atoms with Gasteiger partial charge in [-0.1, -0.05) is 0 Å². The van der Waals surface area contributed by atoms with Crippen LogP contribution in [0.1, 0.15) is 22.4 Å². The fourth-order valence-electron chi connectivity index (χ4n) is 1.88. The summed E-state index contributed by atoms with van der Waals surface area (Å²) in [5.74, 6) is 0.947. The van der Waals surface area contributed by atoms with Gasteiger partial charge in [-0.3, -0.25) is 4.79 Å². The molecule has 0 radical (unpaired) electrons. The average Bonchev–Trinajstić information content (AvgIpc) is 3.25. The summed E-state index contributed by atoms with van der Waals surface area (Å²) < 4.78 is 10.6. The van der Waals surface area contributed by atoms with Gasteiger partial charge in [0.2, 0.25) is 0 Å². The zero-order valence-electron chi connectivity index (χ0n) is 11.0. The minimum absolute atomic E-state index is 0.0517. The number of nitrogens with one attached hydrogen (secondary N) is 1. The summed E-state index contributed by atoms with van der Waals surface area (Å²) in [5, 5.41) is 16.5. The number of hydrogen-bond donors (Lipinski definition) is 2. The van der Waals surface area contributed by atoms with Crippen LogP contribution in [0.25, 0.3) is 11.3 Å². The number of thiophene rings is 1. The zero-order chi connectivity index (χ0) is 14.7. The van der Waals surface area contributed by atoms with E-state index in [2.05, 4.69) is 5.32 Å². The number of rotatable bonds is 5. The van der Waals surface area contributed by atoms with Gasteiger partial charge in [-0.15, -0.1) is 0 Å². The molecule has 0 aliphatic carbocycles. The summed E-state index contributed by atoms with van der Waals surface area (Å²) in [5.41, 5.74) is 0.970. The lowest BCUT2D eigenvalue weighted by Gasteiger charge is -2.08. The van der Waals surface area contributed by atoms with Crippen LogP contribution in [-0.2, 0) is 0 Å². The molecular formula is C15H13NO4S. The van der Waals surface area contributed by atoms with Crippen LogP contribution in [0.3, 0.4) is 0 Å². The molecule has 0 bridgehead atoms. The number of aliphatic hydroxyl groups is 1. The van der Waals surface area contributed by atoms with E-state index in [1.165, 1.54) is 6.26 Å². The summed E-state index contributed by atoms with van der Waals surface area (Å²) in [6.07, 6.45) is 0.515. The average molecular weight is 303 g/mol. The molecule has 0 spiro atoms. The van der Waals surface area contributed by atoms with E-state index in [0.717, 1.165) is 5.56 Å². The molecule has 6 heteroatoms. The van der Waals surface area contributed by atoms with Crippen molar-refractivity contribution in [1.82, 2.24) is 5.32 Å². The molecule has 3 rings (SSSR count). The van der Waals surface area contributed by atoms with Crippen molar-refractivity contribution in [2.24, 2.45) is 0 Å². The summed E-state index contributed by atoms with van der Waals surface area (Å²) >= 11 is 1.57. The minimum atomic E-state index is -0.906. The van der Waals surface area contributed by atoms with E-state index in [-0.39, 0.29) is 18.2 Å². The van der Waals surface area contributed by atoms with E-state index in [1.807, 2.05) is 16.8 Å². The zero-order valence-corrected chi connectivity index (χ0v) is 11.8. The lowest BCUT2D eigenvalue weighted by molar-refractivity contribution is 0.0875. The van der Waals surface area contributed by atoms with Gasteiger partial charge in [0, 0.05) is 10.9 Å². The quantitative estimate of drug-likeness (QED) is 0.759. The molecule has 3 aromatic heterocycles. The third kappa shape index (κ3) is 3.07. The maximum absolute atomic E-state index is 11.7. The van der Waals surface area contributed by atoms with Crippen LogP contribution in [0.2, 0.25) is 0 Å². The van der Waals surface area contributed by atoms with Crippen LogP contribution in [0.15, 0.2) is 56.2 Å². The smallest absolute Gasteiger partial charge is 0.287 e. The van der Waals surface area contributed by atoms with Gasteiger partial charge in [-0.05, 0) is 35.7 Å². The second-order valence-electron chi connectivity index (χ2n) is 4.42. The first-order valence-electron chi connectivity index (χ1n) is 6.36. The van der Waals surface area contributed by atoms with Crippen LogP contribution in [0, 0.1) is 0 Å². The fraction of sp³-hybridized carbons (Fsp3) is 0.133. The Morgan fingerprint density at radius 1 is 1.33 bits per heavy atom. The second kappa shape index (κ2) is 5.99.